The average Bonchev–Trinajstić information content (AvgIpc) is 2.51. The lowest BCUT2D eigenvalue weighted by Gasteiger charge is -2.22. The third-order valence-electron chi connectivity index (χ3n) is 4.05. The summed E-state index contributed by atoms with van der Waals surface area (Å²) in [6.07, 6.45) is 3.17. The number of ether oxygens (including phenoxy) is 4. The van der Waals surface area contributed by atoms with Gasteiger partial charge in [0.1, 0.15) is 0 Å². The third-order valence-corrected chi connectivity index (χ3v) is 4.05. The van der Waals surface area contributed by atoms with Gasteiger partial charge in [-0.1, -0.05) is 0 Å². The van der Waals surface area contributed by atoms with Gasteiger partial charge in [-0.05, 0) is 40.5 Å². The molecule has 0 saturated carbocycles. The van der Waals surface area contributed by atoms with E-state index in [-0.39, 0.29) is 23.1 Å². The molecule has 142 valence electrons. The van der Waals surface area contributed by atoms with E-state index in [2.05, 4.69) is 0 Å². The molecule has 0 atom stereocenters. The van der Waals surface area contributed by atoms with Crippen molar-refractivity contribution in [3.8, 4) is 0 Å². The molecule has 0 radical (unpaired) electrons. The number of carbonyl (C=O) groups excluding carboxylic acids is 2. The Hall–Kier alpha value is -1.14. The molecule has 6 nitrogen and oxygen atoms in total. The van der Waals surface area contributed by atoms with E-state index in [9.17, 15) is 9.59 Å². The van der Waals surface area contributed by atoms with Crippen molar-refractivity contribution < 1.29 is 28.5 Å². The number of hydrogen-bond donors (Lipinski definition) is 0. The topological polar surface area (TPSA) is 71.1 Å². The van der Waals surface area contributed by atoms with Crippen LogP contribution in [0.1, 0.15) is 66.2 Å². The molecule has 6 heteroatoms. The highest BCUT2D eigenvalue weighted by Crippen LogP contribution is 2.14. The average molecular weight is 346 g/mol. The predicted molar refractivity (Wildman–Crippen MR) is 91.8 cm³/mol. The van der Waals surface area contributed by atoms with Crippen LogP contribution in [0.2, 0.25) is 0 Å². The Bertz CT molecular complexity index is 340. The molecular weight excluding hydrogens is 312 g/mol. The van der Waals surface area contributed by atoms with Crippen molar-refractivity contribution in [1.82, 2.24) is 0 Å². The second-order valence-electron chi connectivity index (χ2n) is 7.08. The molecular formula is C18H34O6. The quantitative estimate of drug-likeness (QED) is 0.376. The first-order chi connectivity index (χ1) is 11.1. The number of carbonyl (C=O) groups is 2. The van der Waals surface area contributed by atoms with Crippen LogP contribution in [-0.2, 0) is 28.5 Å². The Labute approximate surface area is 146 Å². The number of esters is 2. The minimum absolute atomic E-state index is 0.239. The zero-order valence-electron chi connectivity index (χ0n) is 16.1. The van der Waals surface area contributed by atoms with Crippen LogP contribution in [0.25, 0.3) is 0 Å². The van der Waals surface area contributed by atoms with Crippen molar-refractivity contribution >= 4 is 11.9 Å². The monoisotopic (exact) mass is 346 g/mol. The zero-order valence-corrected chi connectivity index (χ0v) is 16.1. The zero-order chi connectivity index (χ0) is 18.6. The Morgan fingerprint density at radius 3 is 1.33 bits per heavy atom. The molecule has 0 aromatic rings. The van der Waals surface area contributed by atoms with Crippen LogP contribution in [0.3, 0.4) is 0 Å². The molecule has 0 aliphatic carbocycles. The molecule has 24 heavy (non-hydrogen) atoms. The standard InChI is InChI=1S/C18H34O6/c1-17(2,21-5)11-13-23-15(19)9-7-8-10-16(20)24-14-12-18(3,4)22-6/h7-14H2,1-6H3. The van der Waals surface area contributed by atoms with Gasteiger partial charge in [-0.3, -0.25) is 9.59 Å². The molecule has 0 unspecified atom stereocenters. The highest BCUT2D eigenvalue weighted by Gasteiger charge is 2.18. The van der Waals surface area contributed by atoms with Crippen LogP contribution in [0.5, 0.6) is 0 Å². The molecule has 0 bridgehead atoms. The van der Waals surface area contributed by atoms with Crippen molar-refractivity contribution in [1.29, 1.82) is 0 Å². The van der Waals surface area contributed by atoms with E-state index in [4.69, 9.17) is 18.9 Å². The highest BCUT2D eigenvalue weighted by molar-refractivity contribution is 5.70. The van der Waals surface area contributed by atoms with Crippen molar-refractivity contribution in [3.63, 3.8) is 0 Å². The van der Waals surface area contributed by atoms with Gasteiger partial charge in [-0.15, -0.1) is 0 Å². The van der Waals surface area contributed by atoms with Crippen molar-refractivity contribution in [2.45, 2.75) is 77.4 Å². The van der Waals surface area contributed by atoms with Crippen molar-refractivity contribution in [2.75, 3.05) is 27.4 Å². The van der Waals surface area contributed by atoms with Crippen LogP contribution in [0.4, 0.5) is 0 Å². The van der Waals surface area contributed by atoms with E-state index in [0.717, 1.165) is 0 Å². The molecule has 0 fully saturated rings. The summed E-state index contributed by atoms with van der Waals surface area (Å²) in [6, 6.07) is 0. The van der Waals surface area contributed by atoms with Gasteiger partial charge >= 0.3 is 11.9 Å². The van der Waals surface area contributed by atoms with Crippen LogP contribution < -0.4 is 0 Å². The number of unbranched alkanes of at least 4 members (excludes halogenated alkanes) is 1. The summed E-state index contributed by atoms with van der Waals surface area (Å²) < 4.78 is 20.8. The van der Waals surface area contributed by atoms with E-state index < -0.39 is 0 Å². The molecule has 0 spiro atoms. The van der Waals surface area contributed by atoms with E-state index in [1.54, 1.807) is 14.2 Å². The first kappa shape index (κ1) is 22.9. The lowest BCUT2D eigenvalue weighted by Crippen LogP contribution is -2.25. The lowest BCUT2D eigenvalue weighted by molar-refractivity contribution is -0.147. The maximum Gasteiger partial charge on any atom is 0.305 e. The van der Waals surface area contributed by atoms with Crippen LogP contribution in [-0.4, -0.2) is 50.6 Å². The van der Waals surface area contributed by atoms with Gasteiger partial charge in [0, 0.05) is 39.9 Å². The summed E-state index contributed by atoms with van der Waals surface area (Å²) in [5.41, 5.74) is -0.581. The summed E-state index contributed by atoms with van der Waals surface area (Å²) in [4.78, 5) is 23.2. The van der Waals surface area contributed by atoms with Gasteiger partial charge in [0.2, 0.25) is 0 Å². The first-order valence-electron chi connectivity index (χ1n) is 8.53. The maximum absolute atomic E-state index is 11.6. The van der Waals surface area contributed by atoms with Gasteiger partial charge in [0.15, 0.2) is 0 Å². The lowest BCUT2D eigenvalue weighted by atomic mass is 10.1. The second kappa shape index (κ2) is 11.4. The summed E-state index contributed by atoms with van der Waals surface area (Å²) in [7, 11) is 3.27. The molecule has 0 aliphatic rings. The molecule has 0 aliphatic heterocycles. The summed E-state index contributed by atoms with van der Waals surface area (Å²) in [5.74, 6) is -0.478. The third kappa shape index (κ3) is 12.3. The first-order valence-corrected chi connectivity index (χ1v) is 8.53. The Balaban J connectivity index is 3.64. The number of rotatable bonds is 13. The smallest absolute Gasteiger partial charge is 0.305 e. The molecule has 0 rings (SSSR count). The fourth-order valence-electron chi connectivity index (χ4n) is 1.71. The molecule has 0 aromatic heterocycles. The second-order valence-corrected chi connectivity index (χ2v) is 7.08. The fourth-order valence-corrected chi connectivity index (χ4v) is 1.71. The number of hydrogen-bond acceptors (Lipinski definition) is 6. The van der Waals surface area contributed by atoms with Gasteiger partial charge in [0.25, 0.3) is 0 Å². The largest absolute Gasteiger partial charge is 0.466 e. The van der Waals surface area contributed by atoms with Crippen molar-refractivity contribution in [2.24, 2.45) is 0 Å². The molecule has 0 N–H and O–H groups in total. The Morgan fingerprint density at radius 2 is 1.04 bits per heavy atom. The normalized spacial score (nSPS) is 12.1. The maximum atomic E-state index is 11.6. The van der Waals surface area contributed by atoms with Crippen LogP contribution in [0.15, 0.2) is 0 Å². The SMILES string of the molecule is COC(C)(C)CCOC(=O)CCCCC(=O)OCCC(C)(C)OC. The van der Waals surface area contributed by atoms with Gasteiger partial charge in [-0.25, -0.2) is 0 Å². The van der Waals surface area contributed by atoms with E-state index in [1.165, 1.54) is 0 Å². The van der Waals surface area contributed by atoms with Gasteiger partial charge < -0.3 is 18.9 Å². The van der Waals surface area contributed by atoms with E-state index in [0.29, 0.717) is 51.7 Å². The molecule has 0 aromatic carbocycles. The van der Waals surface area contributed by atoms with Crippen molar-refractivity contribution in [3.05, 3.63) is 0 Å². The fraction of sp³-hybridized carbons (Fsp3) is 0.889. The molecule has 0 amide bonds. The predicted octanol–water partition coefficient (Wildman–Crippen LogP) is 3.26. The van der Waals surface area contributed by atoms with Gasteiger partial charge in [-0.2, -0.15) is 0 Å². The Kier molecular flexibility index (Phi) is 10.9. The summed E-state index contributed by atoms with van der Waals surface area (Å²) in [5, 5.41) is 0. The van der Waals surface area contributed by atoms with Crippen LogP contribution >= 0.6 is 0 Å². The highest BCUT2D eigenvalue weighted by atomic mass is 16.5. The van der Waals surface area contributed by atoms with E-state index in [1.807, 2.05) is 27.7 Å². The molecule has 0 saturated heterocycles. The Morgan fingerprint density at radius 1 is 0.708 bits per heavy atom. The molecule has 0 heterocycles. The minimum atomic E-state index is -0.290. The number of methoxy groups -OCH3 is 2. The summed E-state index contributed by atoms with van der Waals surface area (Å²) in [6.45, 7) is 8.47. The van der Waals surface area contributed by atoms with Crippen LogP contribution in [0, 0.1) is 0 Å². The van der Waals surface area contributed by atoms with Gasteiger partial charge in [0.05, 0.1) is 24.4 Å². The summed E-state index contributed by atoms with van der Waals surface area (Å²) >= 11 is 0. The van der Waals surface area contributed by atoms with E-state index >= 15 is 0 Å². The minimum Gasteiger partial charge on any atom is -0.466 e.